The molecule has 4 nitrogen and oxygen atoms in total. The SMILES string of the molecule is NC(=O)C1CC(=O)N(c2cc(Cl)cc(C(F)(F)F)c2)C1. The Kier molecular flexibility index (Phi) is 3.64. The number of hydrogen-bond donors (Lipinski definition) is 1. The van der Waals surface area contributed by atoms with Crippen molar-refractivity contribution in [2.24, 2.45) is 11.7 Å². The predicted molar refractivity (Wildman–Crippen MR) is 66.1 cm³/mol. The smallest absolute Gasteiger partial charge is 0.369 e. The first kappa shape index (κ1) is 14.6. The number of rotatable bonds is 2. The minimum atomic E-state index is -4.56. The van der Waals surface area contributed by atoms with Crippen LogP contribution >= 0.6 is 11.6 Å². The lowest BCUT2D eigenvalue weighted by Crippen LogP contribution is -2.28. The van der Waals surface area contributed by atoms with E-state index in [0.717, 1.165) is 17.0 Å². The van der Waals surface area contributed by atoms with E-state index in [-0.39, 0.29) is 23.7 Å². The first-order valence-corrected chi connectivity index (χ1v) is 6.04. The summed E-state index contributed by atoms with van der Waals surface area (Å²) in [5, 5.41) is -0.134. The third-order valence-electron chi connectivity index (χ3n) is 3.05. The second kappa shape index (κ2) is 4.97. The van der Waals surface area contributed by atoms with Gasteiger partial charge in [-0.05, 0) is 18.2 Å². The molecule has 1 heterocycles. The van der Waals surface area contributed by atoms with Crippen LogP contribution in [-0.2, 0) is 15.8 Å². The molecule has 0 spiro atoms. The zero-order chi connectivity index (χ0) is 15.1. The summed E-state index contributed by atoms with van der Waals surface area (Å²) < 4.78 is 38.1. The van der Waals surface area contributed by atoms with Crippen LogP contribution in [0.4, 0.5) is 18.9 Å². The van der Waals surface area contributed by atoms with Crippen molar-refractivity contribution >= 4 is 29.1 Å². The average Bonchev–Trinajstić information content (AvgIpc) is 2.69. The molecule has 108 valence electrons. The summed E-state index contributed by atoms with van der Waals surface area (Å²) in [6.07, 6.45) is -4.67. The maximum atomic E-state index is 12.7. The Morgan fingerprint density at radius 3 is 2.50 bits per heavy atom. The molecular formula is C12H10ClF3N2O2. The Hall–Kier alpha value is -1.76. The molecule has 2 rings (SSSR count). The molecule has 1 aliphatic rings. The largest absolute Gasteiger partial charge is 0.416 e. The molecule has 8 heteroatoms. The van der Waals surface area contributed by atoms with Crippen molar-refractivity contribution in [1.82, 2.24) is 0 Å². The molecule has 1 unspecified atom stereocenters. The number of halogens is 4. The zero-order valence-corrected chi connectivity index (χ0v) is 10.8. The fourth-order valence-corrected chi connectivity index (χ4v) is 2.27. The van der Waals surface area contributed by atoms with Crippen LogP contribution in [0, 0.1) is 5.92 Å². The summed E-state index contributed by atoms with van der Waals surface area (Å²) in [5.41, 5.74) is 4.17. The molecule has 20 heavy (non-hydrogen) atoms. The van der Waals surface area contributed by atoms with Gasteiger partial charge in [0.1, 0.15) is 0 Å². The van der Waals surface area contributed by atoms with Gasteiger partial charge < -0.3 is 10.6 Å². The van der Waals surface area contributed by atoms with Crippen molar-refractivity contribution in [3.05, 3.63) is 28.8 Å². The molecule has 0 saturated carbocycles. The minimum absolute atomic E-state index is 0.0126. The lowest BCUT2D eigenvalue weighted by molar-refractivity contribution is -0.137. The van der Waals surface area contributed by atoms with Crippen molar-refractivity contribution in [2.75, 3.05) is 11.4 Å². The number of carbonyl (C=O) groups is 2. The van der Waals surface area contributed by atoms with Crippen LogP contribution in [0.5, 0.6) is 0 Å². The van der Waals surface area contributed by atoms with Gasteiger partial charge in [0.2, 0.25) is 11.8 Å². The second-order valence-corrected chi connectivity index (χ2v) is 4.94. The summed E-state index contributed by atoms with van der Waals surface area (Å²) in [4.78, 5) is 23.9. The summed E-state index contributed by atoms with van der Waals surface area (Å²) in [6, 6.07) is 2.85. The molecular weight excluding hydrogens is 297 g/mol. The highest BCUT2D eigenvalue weighted by molar-refractivity contribution is 6.31. The number of carbonyl (C=O) groups excluding carboxylic acids is 2. The minimum Gasteiger partial charge on any atom is -0.369 e. The summed E-state index contributed by atoms with van der Waals surface area (Å²) >= 11 is 5.65. The normalized spacial score (nSPS) is 19.5. The van der Waals surface area contributed by atoms with Crippen molar-refractivity contribution in [3.8, 4) is 0 Å². The van der Waals surface area contributed by atoms with Crippen molar-refractivity contribution in [2.45, 2.75) is 12.6 Å². The van der Waals surface area contributed by atoms with Gasteiger partial charge in [-0.1, -0.05) is 11.6 Å². The van der Waals surface area contributed by atoms with Gasteiger partial charge in [-0.3, -0.25) is 9.59 Å². The van der Waals surface area contributed by atoms with E-state index in [2.05, 4.69) is 0 Å². The highest BCUT2D eigenvalue weighted by atomic mass is 35.5. The van der Waals surface area contributed by atoms with Crippen molar-refractivity contribution in [3.63, 3.8) is 0 Å². The molecule has 1 aliphatic heterocycles. The Balaban J connectivity index is 2.36. The molecule has 1 atom stereocenters. The fraction of sp³-hybridized carbons (Fsp3) is 0.333. The van der Waals surface area contributed by atoms with Gasteiger partial charge in [0, 0.05) is 23.7 Å². The van der Waals surface area contributed by atoms with Crippen molar-refractivity contribution in [1.29, 1.82) is 0 Å². The van der Waals surface area contributed by atoms with Gasteiger partial charge in [-0.15, -0.1) is 0 Å². The second-order valence-electron chi connectivity index (χ2n) is 4.50. The molecule has 1 fully saturated rings. The van der Waals surface area contributed by atoms with Gasteiger partial charge >= 0.3 is 6.18 Å². The van der Waals surface area contributed by atoms with Crippen LogP contribution in [0.25, 0.3) is 0 Å². The molecule has 1 aromatic rings. The van der Waals surface area contributed by atoms with E-state index in [4.69, 9.17) is 17.3 Å². The number of amides is 2. The molecule has 0 aromatic heterocycles. The van der Waals surface area contributed by atoms with Crippen LogP contribution in [0.15, 0.2) is 18.2 Å². The lowest BCUT2D eigenvalue weighted by Gasteiger charge is -2.18. The van der Waals surface area contributed by atoms with Crippen LogP contribution in [0.2, 0.25) is 5.02 Å². The number of primary amides is 1. The molecule has 2 amide bonds. The van der Waals surface area contributed by atoms with Crippen LogP contribution in [-0.4, -0.2) is 18.4 Å². The highest BCUT2D eigenvalue weighted by Crippen LogP contribution is 2.35. The summed E-state index contributed by atoms with van der Waals surface area (Å²) in [5.74, 6) is -1.81. The van der Waals surface area contributed by atoms with Gasteiger partial charge in [0.25, 0.3) is 0 Å². The maximum Gasteiger partial charge on any atom is 0.416 e. The molecule has 0 bridgehead atoms. The molecule has 1 saturated heterocycles. The number of nitrogens with zero attached hydrogens (tertiary/aromatic N) is 1. The highest BCUT2D eigenvalue weighted by Gasteiger charge is 2.36. The van der Waals surface area contributed by atoms with Gasteiger partial charge in [-0.2, -0.15) is 13.2 Å². The number of alkyl halides is 3. The molecule has 1 aromatic carbocycles. The Morgan fingerprint density at radius 1 is 1.35 bits per heavy atom. The van der Waals surface area contributed by atoms with E-state index in [0.29, 0.717) is 0 Å². The third kappa shape index (κ3) is 2.87. The van der Waals surface area contributed by atoms with Crippen LogP contribution in [0.3, 0.4) is 0 Å². The average molecular weight is 307 g/mol. The van der Waals surface area contributed by atoms with Gasteiger partial charge in [-0.25, -0.2) is 0 Å². The Bertz CT molecular complexity index is 574. The van der Waals surface area contributed by atoms with Gasteiger partial charge in [0.15, 0.2) is 0 Å². The third-order valence-corrected chi connectivity index (χ3v) is 3.27. The first-order valence-electron chi connectivity index (χ1n) is 5.66. The van der Waals surface area contributed by atoms with E-state index in [1.54, 1.807) is 0 Å². The summed E-state index contributed by atoms with van der Waals surface area (Å²) in [7, 11) is 0. The van der Waals surface area contributed by atoms with Crippen molar-refractivity contribution < 1.29 is 22.8 Å². The lowest BCUT2D eigenvalue weighted by atomic mass is 10.1. The fourth-order valence-electron chi connectivity index (χ4n) is 2.04. The number of benzene rings is 1. The molecule has 2 N–H and O–H groups in total. The zero-order valence-electron chi connectivity index (χ0n) is 10.1. The molecule has 0 radical (unpaired) electrons. The van der Waals surface area contributed by atoms with Crippen LogP contribution < -0.4 is 10.6 Å². The van der Waals surface area contributed by atoms with E-state index in [1.165, 1.54) is 6.07 Å². The van der Waals surface area contributed by atoms with E-state index in [9.17, 15) is 22.8 Å². The van der Waals surface area contributed by atoms with E-state index >= 15 is 0 Å². The number of nitrogens with two attached hydrogens (primary N) is 1. The Labute approximate surface area is 117 Å². The topological polar surface area (TPSA) is 63.4 Å². The van der Waals surface area contributed by atoms with Gasteiger partial charge in [0.05, 0.1) is 11.5 Å². The quantitative estimate of drug-likeness (QED) is 0.910. The van der Waals surface area contributed by atoms with E-state index in [1.807, 2.05) is 0 Å². The number of hydrogen-bond acceptors (Lipinski definition) is 2. The summed E-state index contributed by atoms with van der Waals surface area (Å²) in [6.45, 7) is -0.0359. The standard InChI is InChI=1S/C12H10ClF3N2O2/c13-8-2-7(12(14,15)16)3-9(4-8)18-5-6(11(17)20)1-10(18)19/h2-4,6H,1,5H2,(H2,17,20). The molecule has 0 aliphatic carbocycles. The monoisotopic (exact) mass is 306 g/mol. The maximum absolute atomic E-state index is 12.7. The predicted octanol–water partition coefficient (Wildman–Crippen LogP) is 2.20. The number of anilines is 1. The van der Waals surface area contributed by atoms with Crippen LogP contribution in [0.1, 0.15) is 12.0 Å². The first-order chi connectivity index (χ1) is 9.18. The van der Waals surface area contributed by atoms with E-state index < -0.39 is 29.5 Å². The Morgan fingerprint density at radius 2 is 2.00 bits per heavy atom.